The normalized spacial score (nSPS) is 12.0. The summed E-state index contributed by atoms with van der Waals surface area (Å²) in [5.74, 6) is -0.104. The van der Waals surface area contributed by atoms with Gasteiger partial charge in [-0.15, -0.1) is 0 Å². The van der Waals surface area contributed by atoms with Crippen molar-refractivity contribution in [2.75, 3.05) is 0 Å². The summed E-state index contributed by atoms with van der Waals surface area (Å²) in [6, 6.07) is 12.9. The third-order valence-electron chi connectivity index (χ3n) is 3.14. The third kappa shape index (κ3) is 3.41. The Bertz CT molecular complexity index is 642. The number of halogens is 2. The summed E-state index contributed by atoms with van der Waals surface area (Å²) in [5, 5.41) is 3.62. The van der Waals surface area contributed by atoms with E-state index >= 15 is 0 Å². The first-order chi connectivity index (χ1) is 9.49. The van der Waals surface area contributed by atoms with Gasteiger partial charge >= 0.3 is 0 Å². The zero-order chi connectivity index (χ0) is 14.7. The summed E-state index contributed by atoms with van der Waals surface area (Å²) in [4.78, 5) is 12.2. The molecule has 20 heavy (non-hydrogen) atoms. The van der Waals surface area contributed by atoms with E-state index in [0.29, 0.717) is 10.6 Å². The molecule has 0 fully saturated rings. The third-order valence-corrected chi connectivity index (χ3v) is 4.37. The summed E-state index contributed by atoms with van der Waals surface area (Å²) >= 11 is 9.56. The lowest BCUT2D eigenvalue weighted by atomic mass is 10.1. The lowest BCUT2D eigenvalue weighted by Gasteiger charge is -2.16. The number of carbonyl (C=O) groups excluding carboxylic acids is 1. The molecule has 2 rings (SSSR count). The van der Waals surface area contributed by atoms with Gasteiger partial charge in [0.25, 0.3) is 5.91 Å². The fraction of sp³-hybridized carbons (Fsp3) is 0.188. The molecule has 1 unspecified atom stereocenters. The van der Waals surface area contributed by atoms with Gasteiger partial charge in [-0.25, -0.2) is 0 Å². The van der Waals surface area contributed by atoms with Gasteiger partial charge in [0.1, 0.15) is 0 Å². The van der Waals surface area contributed by atoms with E-state index in [4.69, 9.17) is 11.6 Å². The maximum absolute atomic E-state index is 12.2. The number of aryl methyl sites for hydroxylation is 1. The standard InChI is InChI=1S/C16H15BrClNO/c1-10-9-12(7-8-14(10)17)16(20)19-11(2)13-5-3-4-6-15(13)18/h3-9,11H,1-2H3,(H,19,20). The highest BCUT2D eigenvalue weighted by Gasteiger charge is 2.14. The number of rotatable bonds is 3. The first-order valence-corrected chi connectivity index (χ1v) is 7.47. The average Bonchev–Trinajstić information content (AvgIpc) is 2.42. The van der Waals surface area contributed by atoms with Crippen molar-refractivity contribution in [3.05, 3.63) is 68.7 Å². The van der Waals surface area contributed by atoms with E-state index in [2.05, 4.69) is 21.2 Å². The minimum Gasteiger partial charge on any atom is -0.345 e. The molecule has 2 aromatic carbocycles. The molecule has 0 aliphatic rings. The van der Waals surface area contributed by atoms with Gasteiger partial charge in [0.15, 0.2) is 0 Å². The average molecular weight is 353 g/mol. The van der Waals surface area contributed by atoms with E-state index in [1.54, 1.807) is 6.07 Å². The van der Waals surface area contributed by atoms with Crippen molar-refractivity contribution in [3.63, 3.8) is 0 Å². The molecule has 0 aliphatic carbocycles. The van der Waals surface area contributed by atoms with Crippen molar-refractivity contribution >= 4 is 33.4 Å². The molecule has 1 atom stereocenters. The Morgan fingerprint density at radius 1 is 1.25 bits per heavy atom. The number of hydrogen-bond acceptors (Lipinski definition) is 1. The van der Waals surface area contributed by atoms with Crippen LogP contribution < -0.4 is 5.32 Å². The highest BCUT2D eigenvalue weighted by Crippen LogP contribution is 2.23. The molecule has 0 spiro atoms. The fourth-order valence-electron chi connectivity index (χ4n) is 1.97. The van der Waals surface area contributed by atoms with Crippen molar-refractivity contribution in [2.45, 2.75) is 19.9 Å². The molecule has 0 aromatic heterocycles. The van der Waals surface area contributed by atoms with Crippen LogP contribution in [-0.2, 0) is 0 Å². The van der Waals surface area contributed by atoms with Crippen LogP contribution in [0.2, 0.25) is 5.02 Å². The predicted octanol–water partition coefficient (Wildman–Crippen LogP) is 4.90. The maximum atomic E-state index is 12.2. The first kappa shape index (κ1) is 15.1. The highest BCUT2D eigenvalue weighted by molar-refractivity contribution is 9.10. The van der Waals surface area contributed by atoms with Gasteiger partial charge in [0.05, 0.1) is 6.04 Å². The molecular formula is C16H15BrClNO. The Hall–Kier alpha value is -1.32. The van der Waals surface area contributed by atoms with Crippen molar-refractivity contribution in [1.29, 1.82) is 0 Å². The van der Waals surface area contributed by atoms with Crippen LogP contribution in [0, 0.1) is 6.92 Å². The molecule has 2 aromatic rings. The van der Waals surface area contributed by atoms with Gasteiger partial charge in [-0.2, -0.15) is 0 Å². The SMILES string of the molecule is Cc1cc(C(=O)NC(C)c2ccccc2Cl)ccc1Br. The lowest BCUT2D eigenvalue weighted by Crippen LogP contribution is -2.26. The second kappa shape index (κ2) is 6.42. The van der Waals surface area contributed by atoms with Crippen LogP contribution in [-0.4, -0.2) is 5.91 Å². The van der Waals surface area contributed by atoms with Crippen LogP contribution in [0.5, 0.6) is 0 Å². The topological polar surface area (TPSA) is 29.1 Å². The zero-order valence-electron chi connectivity index (χ0n) is 11.3. The number of nitrogens with one attached hydrogen (secondary N) is 1. The Kier molecular flexibility index (Phi) is 4.84. The summed E-state index contributed by atoms with van der Waals surface area (Å²) in [5.41, 5.74) is 2.59. The monoisotopic (exact) mass is 351 g/mol. The van der Waals surface area contributed by atoms with Crippen molar-refractivity contribution in [1.82, 2.24) is 5.32 Å². The molecule has 0 saturated heterocycles. The van der Waals surface area contributed by atoms with Gasteiger partial charge in [-0.3, -0.25) is 4.79 Å². The zero-order valence-corrected chi connectivity index (χ0v) is 13.6. The molecule has 1 amide bonds. The van der Waals surface area contributed by atoms with Gasteiger partial charge in [-0.05, 0) is 49.2 Å². The van der Waals surface area contributed by atoms with Crippen LogP contribution >= 0.6 is 27.5 Å². The van der Waals surface area contributed by atoms with Crippen molar-refractivity contribution in [3.8, 4) is 0 Å². The molecule has 0 saturated carbocycles. The van der Waals surface area contributed by atoms with E-state index < -0.39 is 0 Å². The Labute approximate surface area is 132 Å². The van der Waals surface area contributed by atoms with Crippen LogP contribution in [0.25, 0.3) is 0 Å². The van der Waals surface area contributed by atoms with E-state index in [1.807, 2.05) is 50.2 Å². The number of benzene rings is 2. The molecule has 0 radical (unpaired) electrons. The first-order valence-electron chi connectivity index (χ1n) is 6.30. The second-order valence-electron chi connectivity index (χ2n) is 4.68. The number of hydrogen-bond donors (Lipinski definition) is 1. The Morgan fingerprint density at radius 2 is 1.95 bits per heavy atom. The fourth-order valence-corrected chi connectivity index (χ4v) is 2.52. The summed E-state index contributed by atoms with van der Waals surface area (Å²) in [6.45, 7) is 3.88. The number of amides is 1. The molecule has 0 aliphatic heterocycles. The maximum Gasteiger partial charge on any atom is 0.251 e. The van der Waals surface area contributed by atoms with Gasteiger partial charge in [0, 0.05) is 15.1 Å². The van der Waals surface area contributed by atoms with E-state index in [0.717, 1.165) is 15.6 Å². The molecule has 0 bridgehead atoms. The molecule has 4 heteroatoms. The quantitative estimate of drug-likeness (QED) is 0.836. The minimum absolute atomic E-state index is 0.104. The van der Waals surface area contributed by atoms with E-state index in [9.17, 15) is 4.79 Å². The predicted molar refractivity (Wildman–Crippen MR) is 86.2 cm³/mol. The molecule has 1 N–H and O–H groups in total. The second-order valence-corrected chi connectivity index (χ2v) is 5.94. The Balaban J connectivity index is 2.15. The largest absolute Gasteiger partial charge is 0.345 e. The molecule has 0 heterocycles. The molecular weight excluding hydrogens is 338 g/mol. The van der Waals surface area contributed by atoms with E-state index in [1.165, 1.54) is 0 Å². The summed E-state index contributed by atoms with van der Waals surface area (Å²) < 4.78 is 0.994. The molecule has 104 valence electrons. The van der Waals surface area contributed by atoms with Gasteiger partial charge in [0.2, 0.25) is 0 Å². The molecule has 2 nitrogen and oxygen atoms in total. The van der Waals surface area contributed by atoms with Crippen LogP contribution in [0.4, 0.5) is 0 Å². The minimum atomic E-state index is -0.139. The lowest BCUT2D eigenvalue weighted by molar-refractivity contribution is 0.0940. The van der Waals surface area contributed by atoms with Crippen molar-refractivity contribution in [2.24, 2.45) is 0 Å². The smallest absolute Gasteiger partial charge is 0.251 e. The van der Waals surface area contributed by atoms with Gasteiger partial charge < -0.3 is 5.32 Å². The van der Waals surface area contributed by atoms with Gasteiger partial charge in [-0.1, -0.05) is 45.7 Å². The Morgan fingerprint density at radius 3 is 2.60 bits per heavy atom. The summed E-state index contributed by atoms with van der Waals surface area (Å²) in [7, 11) is 0. The van der Waals surface area contributed by atoms with E-state index in [-0.39, 0.29) is 11.9 Å². The van der Waals surface area contributed by atoms with Crippen LogP contribution in [0.3, 0.4) is 0 Å². The van der Waals surface area contributed by atoms with Crippen molar-refractivity contribution < 1.29 is 4.79 Å². The van der Waals surface area contributed by atoms with Crippen LogP contribution in [0.15, 0.2) is 46.9 Å². The van der Waals surface area contributed by atoms with Crippen LogP contribution in [0.1, 0.15) is 34.5 Å². The summed E-state index contributed by atoms with van der Waals surface area (Å²) in [6.07, 6.45) is 0. The number of carbonyl (C=O) groups is 1. The highest BCUT2D eigenvalue weighted by atomic mass is 79.9.